The Labute approximate surface area is 105 Å². The number of aliphatic hydroxyl groups is 1. The number of hydrogen-bond acceptors (Lipinski definition) is 2. The Bertz CT molecular complexity index is 479. The van der Waals surface area contributed by atoms with Crippen molar-refractivity contribution in [3.63, 3.8) is 0 Å². The molecule has 1 aromatic carbocycles. The van der Waals surface area contributed by atoms with Gasteiger partial charge in [-0.1, -0.05) is 18.2 Å². The zero-order chi connectivity index (χ0) is 12.3. The lowest BCUT2D eigenvalue weighted by Crippen LogP contribution is -2.02. The highest BCUT2D eigenvalue weighted by Gasteiger charge is 2.12. The van der Waals surface area contributed by atoms with Crippen molar-refractivity contribution >= 4 is 11.3 Å². The van der Waals surface area contributed by atoms with Crippen LogP contribution < -0.4 is 0 Å². The minimum absolute atomic E-state index is 0.316. The van der Waals surface area contributed by atoms with E-state index in [2.05, 4.69) is 0 Å². The zero-order valence-electron chi connectivity index (χ0n) is 9.69. The smallest absolute Gasteiger partial charge is 0.129 e. The first-order valence-electron chi connectivity index (χ1n) is 5.63. The van der Waals surface area contributed by atoms with Gasteiger partial charge < -0.3 is 5.11 Å². The van der Waals surface area contributed by atoms with Gasteiger partial charge in [-0.2, -0.15) is 0 Å². The molecule has 2 aromatic rings. The Kier molecular flexibility index (Phi) is 3.92. The summed E-state index contributed by atoms with van der Waals surface area (Å²) in [7, 11) is 0. The number of rotatable bonds is 4. The zero-order valence-corrected chi connectivity index (χ0v) is 10.5. The van der Waals surface area contributed by atoms with Crippen LogP contribution in [0, 0.1) is 12.7 Å². The van der Waals surface area contributed by atoms with Crippen molar-refractivity contribution < 1.29 is 9.50 Å². The monoisotopic (exact) mass is 250 g/mol. The van der Waals surface area contributed by atoms with E-state index in [1.54, 1.807) is 17.4 Å². The average molecular weight is 250 g/mol. The second-order valence-electron chi connectivity index (χ2n) is 4.16. The molecule has 1 aromatic heterocycles. The van der Waals surface area contributed by atoms with Gasteiger partial charge in [0.05, 0.1) is 6.10 Å². The Balaban J connectivity index is 2.01. The molecule has 0 fully saturated rings. The van der Waals surface area contributed by atoms with Crippen LogP contribution in [0.1, 0.15) is 28.5 Å². The van der Waals surface area contributed by atoms with Crippen molar-refractivity contribution in [3.8, 4) is 0 Å². The molecule has 1 heterocycles. The maximum Gasteiger partial charge on any atom is 0.129 e. The molecular formula is C14H15FOS. The van der Waals surface area contributed by atoms with E-state index in [0.717, 1.165) is 12.0 Å². The van der Waals surface area contributed by atoms with Gasteiger partial charge in [0.15, 0.2) is 0 Å². The molecule has 0 saturated heterocycles. The van der Waals surface area contributed by atoms with E-state index in [0.29, 0.717) is 12.0 Å². The van der Waals surface area contributed by atoms with Gasteiger partial charge in [-0.15, -0.1) is 11.3 Å². The lowest BCUT2D eigenvalue weighted by Gasteiger charge is -2.11. The van der Waals surface area contributed by atoms with Gasteiger partial charge in [0, 0.05) is 10.4 Å². The molecule has 1 unspecified atom stereocenters. The quantitative estimate of drug-likeness (QED) is 0.873. The number of aliphatic hydroxyl groups excluding tert-OH is 1. The summed E-state index contributed by atoms with van der Waals surface area (Å²) in [5.41, 5.74) is 1.27. The van der Waals surface area contributed by atoms with Crippen LogP contribution in [-0.4, -0.2) is 5.11 Å². The summed E-state index contributed by atoms with van der Waals surface area (Å²) in [5.74, 6) is -0.316. The Morgan fingerprint density at radius 3 is 2.82 bits per heavy atom. The Morgan fingerprint density at radius 1 is 1.35 bits per heavy atom. The highest BCUT2D eigenvalue weighted by molar-refractivity contribution is 7.09. The van der Waals surface area contributed by atoms with Crippen LogP contribution in [0.5, 0.6) is 0 Å². The summed E-state index contributed by atoms with van der Waals surface area (Å²) >= 11 is 1.66. The van der Waals surface area contributed by atoms with Crippen molar-refractivity contribution in [1.29, 1.82) is 0 Å². The fraction of sp³-hybridized carbons (Fsp3) is 0.286. The molecular weight excluding hydrogens is 235 g/mol. The Hall–Kier alpha value is -1.19. The molecule has 0 aliphatic heterocycles. The molecule has 0 bridgehead atoms. The summed E-state index contributed by atoms with van der Waals surface area (Å²) in [6, 6.07) is 8.97. The summed E-state index contributed by atoms with van der Waals surface area (Å²) in [6.45, 7) is 1.84. The van der Waals surface area contributed by atoms with E-state index < -0.39 is 6.10 Å². The van der Waals surface area contributed by atoms with Crippen LogP contribution >= 0.6 is 11.3 Å². The van der Waals surface area contributed by atoms with Crippen LogP contribution in [0.4, 0.5) is 4.39 Å². The first-order valence-corrected chi connectivity index (χ1v) is 6.51. The number of halogens is 1. The fourth-order valence-corrected chi connectivity index (χ4v) is 2.52. The number of thiophene rings is 1. The normalized spacial score (nSPS) is 12.6. The maximum atomic E-state index is 13.6. The highest BCUT2D eigenvalue weighted by atomic mass is 32.1. The van der Waals surface area contributed by atoms with Crippen LogP contribution in [-0.2, 0) is 6.42 Å². The van der Waals surface area contributed by atoms with Gasteiger partial charge >= 0.3 is 0 Å². The molecule has 0 amide bonds. The number of aryl methyl sites for hydroxylation is 2. The third-order valence-corrected chi connectivity index (χ3v) is 3.70. The lowest BCUT2D eigenvalue weighted by atomic mass is 10.0. The summed E-state index contributed by atoms with van der Waals surface area (Å²) in [6.07, 6.45) is 0.616. The largest absolute Gasteiger partial charge is 0.388 e. The summed E-state index contributed by atoms with van der Waals surface area (Å²) < 4.78 is 13.6. The predicted octanol–water partition coefficient (Wildman–Crippen LogP) is 3.86. The van der Waals surface area contributed by atoms with Crippen LogP contribution in [0.3, 0.4) is 0 Å². The first-order chi connectivity index (χ1) is 8.16. The van der Waals surface area contributed by atoms with Crippen LogP contribution in [0.25, 0.3) is 0 Å². The molecule has 0 aliphatic carbocycles. The van der Waals surface area contributed by atoms with E-state index in [9.17, 15) is 9.50 Å². The van der Waals surface area contributed by atoms with Gasteiger partial charge in [-0.25, -0.2) is 4.39 Å². The molecule has 1 atom stereocenters. The van der Waals surface area contributed by atoms with Crippen molar-refractivity contribution in [2.24, 2.45) is 0 Å². The third kappa shape index (κ3) is 3.14. The van der Waals surface area contributed by atoms with E-state index in [-0.39, 0.29) is 5.82 Å². The molecule has 0 radical (unpaired) electrons. The summed E-state index contributed by atoms with van der Waals surface area (Å²) in [5, 5.41) is 12.0. The SMILES string of the molecule is Cc1ccc(C(O)CCc2cccs2)c(F)c1. The van der Waals surface area contributed by atoms with E-state index >= 15 is 0 Å². The predicted molar refractivity (Wildman–Crippen MR) is 68.7 cm³/mol. The molecule has 17 heavy (non-hydrogen) atoms. The van der Waals surface area contributed by atoms with Gasteiger partial charge in [-0.05, 0) is 42.8 Å². The molecule has 0 saturated carbocycles. The molecule has 1 nitrogen and oxygen atoms in total. The van der Waals surface area contributed by atoms with Gasteiger partial charge in [-0.3, -0.25) is 0 Å². The number of hydrogen-bond donors (Lipinski definition) is 1. The maximum absolute atomic E-state index is 13.6. The first kappa shape index (κ1) is 12.3. The van der Waals surface area contributed by atoms with E-state index in [1.807, 2.05) is 30.5 Å². The van der Waals surface area contributed by atoms with Crippen LogP contribution in [0.15, 0.2) is 35.7 Å². The molecule has 90 valence electrons. The summed E-state index contributed by atoms with van der Waals surface area (Å²) in [4.78, 5) is 1.22. The topological polar surface area (TPSA) is 20.2 Å². The lowest BCUT2D eigenvalue weighted by molar-refractivity contribution is 0.163. The standard InChI is InChI=1S/C14H15FOS/c1-10-4-6-12(13(15)9-10)14(16)7-5-11-3-2-8-17-11/h2-4,6,8-9,14,16H,5,7H2,1H3. The van der Waals surface area contributed by atoms with Crippen molar-refractivity contribution in [2.75, 3.05) is 0 Å². The third-order valence-electron chi connectivity index (χ3n) is 2.76. The highest BCUT2D eigenvalue weighted by Crippen LogP contribution is 2.23. The second kappa shape index (κ2) is 5.43. The van der Waals surface area contributed by atoms with Gasteiger partial charge in [0.2, 0.25) is 0 Å². The minimum atomic E-state index is -0.724. The Morgan fingerprint density at radius 2 is 2.18 bits per heavy atom. The van der Waals surface area contributed by atoms with Crippen molar-refractivity contribution in [3.05, 3.63) is 57.5 Å². The van der Waals surface area contributed by atoms with E-state index in [1.165, 1.54) is 10.9 Å². The minimum Gasteiger partial charge on any atom is -0.388 e. The van der Waals surface area contributed by atoms with Crippen LogP contribution in [0.2, 0.25) is 0 Å². The second-order valence-corrected chi connectivity index (χ2v) is 5.19. The van der Waals surface area contributed by atoms with E-state index in [4.69, 9.17) is 0 Å². The van der Waals surface area contributed by atoms with Crippen molar-refractivity contribution in [2.45, 2.75) is 25.9 Å². The number of benzene rings is 1. The molecule has 1 N–H and O–H groups in total. The van der Waals surface area contributed by atoms with Gasteiger partial charge in [0.1, 0.15) is 5.82 Å². The van der Waals surface area contributed by atoms with Crippen molar-refractivity contribution in [1.82, 2.24) is 0 Å². The fourth-order valence-electron chi connectivity index (χ4n) is 1.79. The molecule has 3 heteroatoms. The molecule has 2 rings (SSSR count). The average Bonchev–Trinajstić information content (AvgIpc) is 2.78. The molecule has 0 spiro atoms. The molecule has 0 aliphatic rings. The van der Waals surface area contributed by atoms with Gasteiger partial charge in [0.25, 0.3) is 0 Å².